The maximum Gasteiger partial charge on any atom is 0.174 e. The smallest absolute Gasteiger partial charge is 0.174 e. The maximum absolute atomic E-state index is 13.2. The standard InChI is InChI=1S/C10H10FN3S2/c11-9-2-7(4-12)1-8(3-9)5-15-10-14-13-6-16-10/h1-3,6H,4-5,12H2. The SMILES string of the molecule is NCc1cc(F)cc(CSc2nncs2)c1. The number of nitrogens with zero attached hydrogens (tertiary/aromatic N) is 2. The van der Waals surface area contributed by atoms with E-state index in [-0.39, 0.29) is 5.82 Å². The van der Waals surface area contributed by atoms with Gasteiger partial charge in [-0.15, -0.1) is 10.2 Å². The average molecular weight is 255 g/mol. The summed E-state index contributed by atoms with van der Waals surface area (Å²) in [5.74, 6) is 0.441. The zero-order valence-corrected chi connectivity index (χ0v) is 10.0. The van der Waals surface area contributed by atoms with Gasteiger partial charge in [-0.25, -0.2) is 4.39 Å². The molecule has 0 spiro atoms. The van der Waals surface area contributed by atoms with E-state index in [0.717, 1.165) is 15.5 Å². The van der Waals surface area contributed by atoms with Crippen LogP contribution in [0.25, 0.3) is 0 Å². The van der Waals surface area contributed by atoms with Gasteiger partial charge < -0.3 is 5.73 Å². The quantitative estimate of drug-likeness (QED) is 0.852. The van der Waals surface area contributed by atoms with E-state index < -0.39 is 0 Å². The summed E-state index contributed by atoms with van der Waals surface area (Å²) < 4.78 is 14.1. The number of hydrogen-bond acceptors (Lipinski definition) is 5. The molecule has 16 heavy (non-hydrogen) atoms. The van der Waals surface area contributed by atoms with Crippen molar-refractivity contribution >= 4 is 23.1 Å². The minimum absolute atomic E-state index is 0.240. The molecule has 0 amide bonds. The average Bonchev–Trinajstić information content (AvgIpc) is 2.78. The second-order valence-corrected chi connectivity index (χ2v) is 5.22. The van der Waals surface area contributed by atoms with Crippen molar-refractivity contribution in [1.82, 2.24) is 10.2 Å². The first-order valence-corrected chi connectivity index (χ1v) is 6.52. The van der Waals surface area contributed by atoms with Crippen LogP contribution in [0.1, 0.15) is 11.1 Å². The summed E-state index contributed by atoms with van der Waals surface area (Å²) in [6, 6.07) is 4.89. The molecule has 0 radical (unpaired) electrons. The third kappa shape index (κ3) is 3.01. The fraction of sp³-hybridized carbons (Fsp3) is 0.200. The van der Waals surface area contributed by atoms with Gasteiger partial charge in [0.2, 0.25) is 0 Å². The van der Waals surface area contributed by atoms with Crippen molar-refractivity contribution in [2.24, 2.45) is 5.73 Å². The van der Waals surface area contributed by atoms with Gasteiger partial charge in [-0.3, -0.25) is 0 Å². The molecule has 0 unspecified atom stereocenters. The number of thioether (sulfide) groups is 1. The number of benzene rings is 1. The van der Waals surface area contributed by atoms with Crippen LogP contribution in [0.2, 0.25) is 0 Å². The summed E-state index contributed by atoms with van der Waals surface area (Å²) in [7, 11) is 0. The molecule has 0 saturated heterocycles. The van der Waals surface area contributed by atoms with Gasteiger partial charge in [0.1, 0.15) is 11.3 Å². The van der Waals surface area contributed by atoms with Crippen LogP contribution in [0.15, 0.2) is 28.0 Å². The van der Waals surface area contributed by atoms with E-state index in [9.17, 15) is 4.39 Å². The van der Waals surface area contributed by atoms with Crippen LogP contribution < -0.4 is 5.73 Å². The van der Waals surface area contributed by atoms with Crippen LogP contribution in [-0.2, 0) is 12.3 Å². The van der Waals surface area contributed by atoms with E-state index in [1.54, 1.807) is 17.3 Å². The van der Waals surface area contributed by atoms with E-state index in [1.807, 2.05) is 6.07 Å². The number of halogens is 1. The van der Waals surface area contributed by atoms with E-state index in [0.29, 0.717) is 12.3 Å². The van der Waals surface area contributed by atoms with Crippen molar-refractivity contribution in [3.05, 3.63) is 40.7 Å². The third-order valence-corrected chi connectivity index (χ3v) is 3.89. The fourth-order valence-electron chi connectivity index (χ4n) is 1.29. The molecule has 0 bridgehead atoms. The largest absolute Gasteiger partial charge is 0.326 e. The topological polar surface area (TPSA) is 51.8 Å². The molecule has 1 aromatic carbocycles. The minimum Gasteiger partial charge on any atom is -0.326 e. The molecule has 0 fully saturated rings. The molecule has 0 aliphatic rings. The zero-order chi connectivity index (χ0) is 11.4. The lowest BCUT2D eigenvalue weighted by atomic mass is 10.1. The Morgan fingerprint density at radius 3 is 2.81 bits per heavy atom. The predicted octanol–water partition coefficient (Wildman–Crippen LogP) is 2.43. The highest BCUT2D eigenvalue weighted by molar-refractivity contribution is 8.00. The number of rotatable bonds is 4. The summed E-state index contributed by atoms with van der Waals surface area (Å²) in [4.78, 5) is 0. The van der Waals surface area contributed by atoms with Gasteiger partial charge in [0.25, 0.3) is 0 Å². The van der Waals surface area contributed by atoms with E-state index in [4.69, 9.17) is 5.73 Å². The molecule has 0 aliphatic carbocycles. The predicted molar refractivity (Wildman–Crippen MR) is 63.8 cm³/mol. The Morgan fingerprint density at radius 2 is 2.12 bits per heavy atom. The lowest BCUT2D eigenvalue weighted by molar-refractivity contribution is 0.624. The van der Waals surface area contributed by atoms with Crippen LogP contribution in [-0.4, -0.2) is 10.2 Å². The maximum atomic E-state index is 13.2. The first-order valence-electron chi connectivity index (χ1n) is 4.65. The summed E-state index contributed by atoms with van der Waals surface area (Å²) in [5.41, 5.74) is 8.89. The molecule has 6 heteroatoms. The van der Waals surface area contributed by atoms with Gasteiger partial charge in [-0.2, -0.15) is 0 Å². The number of aromatic nitrogens is 2. The molecule has 84 valence electrons. The Labute approximate surface area is 101 Å². The first kappa shape index (κ1) is 11.5. The zero-order valence-electron chi connectivity index (χ0n) is 8.39. The molecule has 3 nitrogen and oxygen atoms in total. The molecule has 2 aromatic rings. The van der Waals surface area contributed by atoms with Crippen LogP contribution >= 0.6 is 23.1 Å². The lowest BCUT2D eigenvalue weighted by Crippen LogP contribution is -1.98. The minimum atomic E-state index is -0.240. The Hall–Kier alpha value is -0.980. The van der Waals surface area contributed by atoms with Gasteiger partial charge in [0, 0.05) is 12.3 Å². The van der Waals surface area contributed by atoms with Gasteiger partial charge in [0.05, 0.1) is 0 Å². The van der Waals surface area contributed by atoms with Gasteiger partial charge in [-0.1, -0.05) is 29.2 Å². The first-order chi connectivity index (χ1) is 7.78. The van der Waals surface area contributed by atoms with Crippen molar-refractivity contribution in [3.63, 3.8) is 0 Å². The molecular formula is C10H10FN3S2. The van der Waals surface area contributed by atoms with Crippen LogP contribution in [0, 0.1) is 5.82 Å². The van der Waals surface area contributed by atoms with Gasteiger partial charge in [0.15, 0.2) is 4.34 Å². The lowest BCUT2D eigenvalue weighted by Gasteiger charge is -2.03. The molecule has 1 aromatic heterocycles. The summed E-state index contributed by atoms with van der Waals surface area (Å²) in [6.45, 7) is 0.355. The monoisotopic (exact) mass is 255 g/mol. The Morgan fingerprint density at radius 1 is 1.31 bits per heavy atom. The van der Waals surface area contributed by atoms with Gasteiger partial charge in [-0.05, 0) is 23.3 Å². The highest BCUT2D eigenvalue weighted by Gasteiger charge is 2.03. The molecule has 2 N–H and O–H groups in total. The molecule has 0 atom stereocenters. The van der Waals surface area contributed by atoms with Crippen molar-refractivity contribution < 1.29 is 4.39 Å². The van der Waals surface area contributed by atoms with Crippen molar-refractivity contribution in [2.45, 2.75) is 16.6 Å². The molecule has 2 rings (SSSR count). The number of hydrogen-bond donors (Lipinski definition) is 1. The van der Waals surface area contributed by atoms with Gasteiger partial charge >= 0.3 is 0 Å². The molecular weight excluding hydrogens is 245 g/mol. The summed E-state index contributed by atoms with van der Waals surface area (Å²) in [6.07, 6.45) is 0. The Kier molecular flexibility index (Phi) is 3.87. The van der Waals surface area contributed by atoms with Crippen LogP contribution in [0.5, 0.6) is 0 Å². The highest BCUT2D eigenvalue weighted by Crippen LogP contribution is 2.24. The van der Waals surface area contributed by atoms with Crippen LogP contribution in [0.4, 0.5) is 4.39 Å². The third-order valence-electron chi connectivity index (χ3n) is 1.96. The number of nitrogens with two attached hydrogens (primary N) is 1. The van der Waals surface area contributed by atoms with Crippen molar-refractivity contribution in [1.29, 1.82) is 0 Å². The van der Waals surface area contributed by atoms with E-state index in [2.05, 4.69) is 10.2 Å². The van der Waals surface area contributed by atoms with Crippen LogP contribution in [0.3, 0.4) is 0 Å². The van der Waals surface area contributed by atoms with E-state index in [1.165, 1.54) is 23.5 Å². The molecule has 1 heterocycles. The Bertz CT molecular complexity index is 459. The normalized spacial score (nSPS) is 10.6. The second-order valence-electron chi connectivity index (χ2n) is 3.17. The van der Waals surface area contributed by atoms with Crippen molar-refractivity contribution in [2.75, 3.05) is 0 Å². The molecule has 0 saturated carbocycles. The Balaban J connectivity index is 2.06. The van der Waals surface area contributed by atoms with Crippen molar-refractivity contribution in [3.8, 4) is 0 Å². The highest BCUT2D eigenvalue weighted by atomic mass is 32.2. The fourth-order valence-corrected chi connectivity index (χ4v) is 2.71. The summed E-state index contributed by atoms with van der Waals surface area (Å²) >= 11 is 3.02. The molecule has 0 aliphatic heterocycles. The summed E-state index contributed by atoms with van der Waals surface area (Å²) in [5, 5.41) is 7.65. The van der Waals surface area contributed by atoms with E-state index >= 15 is 0 Å². The second kappa shape index (κ2) is 5.38.